The average molecular weight is 1070 g/mol. The maximum atomic E-state index is 5.60. The number of aryl methyl sites for hydroxylation is 4. The van der Waals surface area contributed by atoms with Gasteiger partial charge < -0.3 is 0 Å². The zero-order valence-electron chi connectivity index (χ0n) is 39.1. The van der Waals surface area contributed by atoms with Crippen LogP contribution in [0.4, 0.5) is 0 Å². The largest absolute Gasteiger partial charge is 2.00 e. The fraction of sp³-hybridized carbons (Fsp3) is 0.333. The molecular formula is C54H60N4Sn2Zn. The van der Waals surface area contributed by atoms with Crippen LogP contribution in [0.15, 0.2) is 60.7 Å². The Morgan fingerprint density at radius 2 is 0.902 bits per heavy atom. The summed E-state index contributed by atoms with van der Waals surface area (Å²) < 4.78 is 7.32. The van der Waals surface area contributed by atoms with Crippen molar-refractivity contribution in [1.29, 1.82) is 0 Å². The van der Waals surface area contributed by atoms with Gasteiger partial charge in [-0.15, -0.1) is 0 Å². The molecule has 4 nitrogen and oxygen atoms in total. The Bertz CT molecular complexity index is 2740. The number of nitrogens with zero attached hydrogens (tertiary/aromatic N) is 4. The van der Waals surface area contributed by atoms with Crippen LogP contribution in [0.25, 0.3) is 66.6 Å². The SMILES string of the molecule is CCC1=C(C)c2nc1cc1[n-]c(c(C)c1CC)c(-c1cccc(C#[C][Sn]([CH3])([CH3])[CH3])c1)c1nc(cc3[n-]c(c(C)c3CC)c2-c2cccc(C#[C][Sn]([CH3])([CH3])[CH3])c2)C(CC)=C1C.[Zn+2]. The molecule has 7 heteroatoms. The van der Waals surface area contributed by atoms with Gasteiger partial charge in [0.05, 0.1) is 0 Å². The first-order valence-electron chi connectivity index (χ1n) is 21.8. The molecule has 0 atom stereocenters. The van der Waals surface area contributed by atoms with Crippen LogP contribution in [0.3, 0.4) is 0 Å². The van der Waals surface area contributed by atoms with Crippen LogP contribution in [0, 0.1) is 33.6 Å². The molecule has 0 radical (unpaired) electrons. The van der Waals surface area contributed by atoms with E-state index < -0.39 is 36.8 Å². The van der Waals surface area contributed by atoms with Gasteiger partial charge in [-0.3, -0.25) is 0 Å². The van der Waals surface area contributed by atoms with Crippen LogP contribution < -0.4 is 9.97 Å². The van der Waals surface area contributed by atoms with Crippen LogP contribution in [0.1, 0.15) is 111 Å². The van der Waals surface area contributed by atoms with E-state index in [-0.39, 0.29) is 19.5 Å². The molecule has 7 rings (SSSR count). The van der Waals surface area contributed by atoms with Crippen molar-refractivity contribution < 1.29 is 19.5 Å². The summed E-state index contributed by atoms with van der Waals surface area (Å²) in [5.41, 5.74) is 23.9. The number of aromatic nitrogens is 4. The second kappa shape index (κ2) is 18.6. The Kier molecular flexibility index (Phi) is 14.3. The molecule has 0 amide bonds. The van der Waals surface area contributed by atoms with Crippen molar-refractivity contribution in [2.45, 2.75) is 111 Å². The van der Waals surface area contributed by atoms with Crippen molar-refractivity contribution in [1.82, 2.24) is 19.9 Å². The van der Waals surface area contributed by atoms with Crippen LogP contribution >= 0.6 is 0 Å². The van der Waals surface area contributed by atoms with Crippen molar-refractivity contribution in [2.24, 2.45) is 0 Å². The molecule has 0 fully saturated rings. The second-order valence-corrected chi connectivity index (χ2v) is 45.5. The summed E-state index contributed by atoms with van der Waals surface area (Å²) in [5.74, 6) is 7.12. The second-order valence-electron chi connectivity index (χ2n) is 18.4. The van der Waals surface area contributed by atoms with Crippen molar-refractivity contribution >= 4 is 81.1 Å². The molecule has 61 heavy (non-hydrogen) atoms. The molecule has 5 aromatic rings. The molecule has 2 aliphatic rings. The molecule has 0 saturated carbocycles. The van der Waals surface area contributed by atoms with E-state index in [0.29, 0.717) is 0 Å². The van der Waals surface area contributed by atoms with Crippen LogP contribution in [-0.2, 0) is 32.3 Å². The monoisotopic (exact) mass is 1070 g/mol. The van der Waals surface area contributed by atoms with Gasteiger partial charge in [0.15, 0.2) is 0 Å². The van der Waals surface area contributed by atoms with E-state index in [9.17, 15) is 0 Å². The predicted octanol–water partition coefficient (Wildman–Crippen LogP) is 13.8. The molecule has 306 valence electrons. The van der Waals surface area contributed by atoms with Gasteiger partial charge in [-0.1, -0.05) is 0 Å². The Morgan fingerprint density at radius 3 is 1.23 bits per heavy atom. The zero-order valence-corrected chi connectivity index (χ0v) is 47.8. The van der Waals surface area contributed by atoms with Crippen molar-refractivity contribution in [3.63, 3.8) is 0 Å². The minimum absolute atomic E-state index is 0. The summed E-state index contributed by atoms with van der Waals surface area (Å²) in [7, 11) is 0. The number of hydrogen-bond acceptors (Lipinski definition) is 2. The fourth-order valence-corrected chi connectivity index (χ4v) is 11.7. The first-order valence-corrected chi connectivity index (χ1v) is 41.8. The number of benzene rings is 2. The van der Waals surface area contributed by atoms with Gasteiger partial charge in [0, 0.05) is 0 Å². The maximum absolute atomic E-state index is 5.60. The Morgan fingerprint density at radius 1 is 0.525 bits per heavy atom. The smallest absolute Gasteiger partial charge is 2.00 e. The molecule has 0 N–H and O–H groups in total. The van der Waals surface area contributed by atoms with E-state index >= 15 is 0 Å². The number of allylic oxidation sites excluding steroid dienone is 4. The topological polar surface area (TPSA) is 54.0 Å². The first-order chi connectivity index (χ1) is 28.5. The minimum atomic E-state index is -2.35. The summed E-state index contributed by atoms with van der Waals surface area (Å²) in [6, 6.07) is 22.0. The fourth-order valence-electron chi connectivity index (χ4n) is 8.72. The van der Waals surface area contributed by atoms with Crippen LogP contribution in [0.2, 0.25) is 29.6 Å². The average Bonchev–Trinajstić information content (AvgIpc) is 3.89. The third-order valence-corrected chi connectivity index (χ3v) is 16.8. The van der Waals surface area contributed by atoms with Crippen LogP contribution in [0.5, 0.6) is 0 Å². The molecule has 0 spiro atoms. The summed E-state index contributed by atoms with van der Waals surface area (Å²) in [6.45, 7) is 17.9. The molecule has 0 unspecified atom stereocenters. The quantitative estimate of drug-likeness (QED) is 0.126. The predicted molar refractivity (Wildman–Crippen MR) is 264 cm³/mol. The maximum Gasteiger partial charge on any atom is 2.00 e. The third kappa shape index (κ3) is 9.51. The van der Waals surface area contributed by atoms with Crippen molar-refractivity contribution in [3.05, 3.63) is 117 Å². The Labute approximate surface area is 386 Å². The molecular weight excluding hydrogens is 1010 g/mol. The van der Waals surface area contributed by atoms with E-state index in [1.165, 1.54) is 44.5 Å². The number of fused-ring (bicyclic) bond motifs is 8. The van der Waals surface area contributed by atoms with E-state index in [1.54, 1.807) is 0 Å². The molecule has 5 heterocycles. The molecule has 0 aliphatic carbocycles. The van der Waals surface area contributed by atoms with E-state index in [2.05, 4.69) is 165 Å². The zero-order chi connectivity index (χ0) is 43.3. The normalized spacial score (nSPS) is 12.8. The molecule has 3 aromatic heterocycles. The number of hydrogen-bond donors (Lipinski definition) is 0. The standard InChI is InChI=1S/C48H42N4.6CH3.2Sn.Zn/c1-11-31-19-17-21-33(23-31)43-45-27(7)35(13-3)39(49-45)25-41-37(15-5)29(9)47(51-41)44(34-22-18-20-32(12-2)24-34)48-30(10)38(16-6)42(52-48)26-40-36(14-4)28(8)46(43)50-40;;;;;;;;;/h17-26H,13-16H2,3-10H3;6*1H3;;;/q-2;;;;;;;;;+2. The Balaban J connectivity index is 0.00000622. The first kappa shape index (κ1) is 46.9. The summed E-state index contributed by atoms with van der Waals surface area (Å²) in [5, 5.41) is 0. The molecule has 8 bridgehead atoms. The van der Waals surface area contributed by atoms with Gasteiger partial charge in [-0.2, -0.15) is 0 Å². The summed E-state index contributed by atoms with van der Waals surface area (Å²) in [4.78, 5) is 36.5. The molecule has 2 aliphatic heterocycles. The Hall–Kier alpha value is -3.62. The van der Waals surface area contributed by atoms with Crippen molar-refractivity contribution in [2.75, 3.05) is 0 Å². The van der Waals surface area contributed by atoms with Gasteiger partial charge >= 0.3 is 390 Å². The molecule has 2 aromatic carbocycles. The van der Waals surface area contributed by atoms with Gasteiger partial charge in [-0.25, -0.2) is 0 Å². The van der Waals surface area contributed by atoms with E-state index in [1.807, 2.05) is 0 Å². The van der Waals surface area contributed by atoms with Gasteiger partial charge in [-0.05, 0) is 0 Å². The van der Waals surface area contributed by atoms with Gasteiger partial charge in [0.2, 0.25) is 0 Å². The number of rotatable bonds is 6. The van der Waals surface area contributed by atoms with E-state index in [0.717, 1.165) is 104 Å². The van der Waals surface area contributed by atoms with Gasteiger partial charge in [0.25, 0.3) is 0 Å². The van der Waals surface area contributed by atoms with Crippen molar-refractivity contribution in [3.8, 4) is 42.0 Å². The summed E-state index contributed by atoms with van der Waals surface area (Å²) in [6.07, 6.45) is 3.41. The van der Waals surface area contributed by atoms with Gasteiger partial charge in [0.1, 0.15) is 0 Å². The third-order valence-electron chi connectivity index (χ3n) is 11.8. The summed E-state index contributed by atoms with van der Waals surface area (Å²) >= 11 is -4.69. The minimum Gasteiger partial charge on any atom is 2.00 e. The van der Waals surface area contributed by atoms with Crippen LogP contribution in [-0.4, -0.2) is 46.7 Å². The van der Waals surface area contributed by atoms with E-state index in [4.69, 9.17) is 19.9 Å². The molecule has 0 saturated heterocycles.